The molecule has 2 rings (SSSR count). The van der Waals surface area contributed by atoms with Crippen LogP contribution in [0.5, 0.6) is 0 Å². The molecule has 1 heterocycles. The molecule has 1 fully saturated rings. The third-order valence-corrected chi connectivity index (χ3v) is 3.09. The van der Waals surface area contributed by atoms with E-state index in [1.165, 1.54) is 0 Å². The first-order chi connectivity index (χ1) is 7.20. The van der Waals surface area contributed by atoms with Gasteiger partial charge in [0.1, 0.15) is 0 Å². The fourth-order valence-corrected chi connectivity index (χ4v) is 2.23. The Morgan fingerprint density at radius 1 is 1.53 bits per heavy atom. The second kappa shape index (κ2) is 4.29. The van der Waals surface area contributed by atoms with Crippen LogP contribution < -0.4 is 10.6 Å². The van der Waals surface area contributed by atoms with Crippen molar-refractivity contribution in [2.45, 2.75) is 12.5 Å². The minimum absolute atomic E-state index is 0.318. The molecular formula is C11H15ClN2O. The Kier molecular flexibility index (Phi) is 3.03. The zero-order chi connectivity index (χ0) is 10.8. The molecule has 82 valence electrons. The van der Waals surface area contributed by atoms with Gasteiger partial charge in [0.05, 0.1) is 16.8 Å². The number of anilines is 2. The summed E-state index contributed by atoms with van der Waals surface area (Å²) in [7, 11) is 1.75. The lowest BCUT2D eigenvalue weighted by molar-refractivity contribution is 0.121. The summed E-state index contributed by atoms with van der Waals surface area (Å²) in [6.45, 7) is 1.89. The molecule has 0 saturated carbocycles. The van der Waals surface area contributed by atoms with Gasteiger partial charge in [-0.2, -0.15) is 0 Å². The number of nitrogens with two attached hydrogens (primary N) is 1. The molecule has 1 saturated heterocycles. The van der Waals surface area contributed by atoms with E-state index in [0.717, 1.165) is 25.2 Å². The molecule has 0 amide bonds. The molecule has 1 unspecified atom stereocenters. The molecule has 1 atom stereocenters. The van der Waals surface area contributed by atoms with Crippen LogP contribution in [0, 0.1) is 0 Å². The van der Waals surface area contributed by atoms with Gasteiger partial charge >= 0.3 is 0 Å². The molecule has 1 aromatic carbocycles. The first-order valence-corrected chi connectivity index (χ1v) is 5.41. The van der Waals surface area contributed by atoms with Crippen molar-refractivity contribution in [3.8, 4) is 0 Å². The third kappa shape index (κ3) is 2.19. The van der Waals surface area contributed by atoms with Crippen molar-refractivity contribution in [2.75, 3.05) is 30.8 Å². The van der Waals surface area contributed by atoms with Crippen LogP contribution in [-0.2, 0) is 4.74 Å². The average molecular weight is 227 g/mol. The number of nitrogen functional groups attached to an aromatic ring is 1. The van der Waals surface area contributed by atoms with Crippen LogP contribution in [0.15, 0.2) is 18.2 Å². The number of hydrogen-bond acceptors (Lipinski definition) is 3. The van der Waals surface area contributed by atoms with Gasteiger partial charge in [0, 0.05) is 25.9 Å². The van der Waals surface area contributed by atoms with Crippen LogP contribution >= 0.6 is 11.6 Å². The quantitative estimate of drug-likeness (QED) is 0.786. The first-order valence-electron chi connectivity index (χ1n) is 5.03. The van der Waals surface area contributed by atoms with E-state index >= 15 is 0 Å². The molecule has 15 heavy (non-hydrogen) atoms. The Morgan fingerprint density at radius 3 is 2.93 bits per heavy atom. The Labute approximate surface area is 94.8 Å². The van der Waals surface area contributed by atoms with E-state index in [1.807, 2.05) is 12.1 Å². The zero-order valence-corrected chi connectivity index (χ0v) is 9.50. The maximum absolute atomic E-state index is 6.14. The van der Waals surface area contributed by atoms with Crippen molar-refractivity contribution < 1.29 is 4.74 Å². The molecule has 0 spiro atoms. The molecule has 0 aromatic heterocycles. The van der Waals surface area contributed by atoms with Gasteiger partial charge in [-0.3, -0.25) is 0 Å². The number of ether oxygens (including phenoxy) is 1. The molecular weight excluding hydrogens is 212 g/mol. The minimum Gasteiger partial charge on any atom is -0.399 e. The van der Waals surface area contributed by atoms with Crippen molar-refractivity contribution in [3.05, 3.63) is 23.2 Å². The normalized spacial score (nSPS) is 20.9. The Balaban J connectivity index is 2.17. The Hall–Kier alpha value is -0.930. The lowest BCUT2D eigenvalue weighted by atomic mass is 10.2. The summed E-state index contributed by atoms with van der Waals surface area (Å²) in [6, 6.07) is 5.63. The van der Waals surface area contributed by atoms with Crippen LogP contribution in [0.1, 0.15) is 6.42 Å². The summed E-state index contributed by atoms with van der Waals surface area (Å²) in [5, 5.41) is 0.715. The summed E-state index contributed by atoms with van der Waals surface area (Å²) in [4.78, 5) is 2.23. The third-order valence-electron chi connectivity index (χ3n) is 2.79. The predicted molar refractivity (Wildman–Crippen MR) is 63.5 cm³/mol. The van der Waals surface area contributed by atoms with E-state index in [0.29, 0.717) is 16.8 Å². The Bertz CT molecular complexity index is 356. The molecule has 0 bridgehead atoms. The highest BCUT2D eigenvalue weighted by Gasteiger charge is 2.23. The van der Waals surface area contributed by atoms with Gasteiger partial charge < -0.3 is 15.4 Å². The molecule has 3 nitrogen and oxygen atoms in total. The summed E-state index contributed by atoms with van der Waals surface area (Å²) >= 11 is 6.14. The second-order valence-corrected chi connectivity index (χ2v) is 4.21. The summed E-state index contributed by atoms with van der Waals surface area (Å²) in [5.74, 6) is 0. The zero-order valence-electron chi connectivity index (χ0n) is 8.74. The SMILES string of the molecule is COC1CCN(c2ccc(N)cc2Cl)C1. The maximum Gasteiger partial charge on any atom is 0.0762 e. The van der Waals surface area contributed by atoms with Crippen LogP contribution in [0.3, 0.4) is 0 Å². The highest BCUT2D eigenvalue weighted by molar-refractivity contribution is 6.33. The first kappa shape index (κ1) is 10.6. The number of methoxy groups -OCH3 is 1. The van der Waals surface area contributed by atoms with Gasteiger partial charge in [-0.1, -0.05) is 11.6 Å². The number of halogens is 1. The van der Waals surface area contributed by atoms with Gasteiger partial charge in [0.15, 0.2) is 0 Å². The highest BCUT2D eigenvalue weighted by atomic mass is 35.5. The number of nitrogens with zero attached hydrogens (tertiary/aromatic N) is 1. The van der Waals surface area contributed by atoms with Crippen molar-refractivity contribution in [3.63, 3.8) is 0 Å². The highest BCUT2D eigenvalue weighted by Crippen LogP contribution is 2.30. The molecule has 1 aromatic rings. The topological polar surface area (TPSA) is 38.5 Å². The monoisotopic (exact) mass is 226 g/mol. The summed E-state index contributed by atoms with van der Waals surface area (Å²) in [6.07, 6.45) is 1.37. The fourth-order valence-electron chi connectivity index (χ4n) is 1.92. The molecule has 0 radical (unpaired) electrons. The van der Waals surface area contributed by atoms with Crippen molar-refractivity contribution >= 4 is 23.0 Å². The second-order valence-electron chi connectivity index (χ2n) is 3.80. The minimum atomic E-state index is 0.318. The van der Waals surface area contributed by atoms with Gasteiger partial charge in [0.2, 0.25) is 0 Å². The van der Waals surface area contributed by atoms with Gasteiger partial charge in [-0.25, -0.2) is 0 Å². The smallest absolute Gasteiger partial charge is 0.0762 e. The van der Waals surface area contributed by atoms with Crippen LogP contribution in [0.2, 0.25) is 5.02 Å². The maximum atomic E-state index is 6.14. The van der Waals surface area contributed by atoms with Gasteiger partial charge in [-0.15, -0.1) is 0 Å². The largest absolute Gasteiger partial charge is 0.399 e. The van der Waals surface area contributed by atoms with Crippen LogP contribution in [-0.4, -0.2) is 26.3 Å². The summed E-state index contributed by atoms with van der Waals surface area (Å²) in [5.41, 5.74) is 7.40. The predicted octanol–water partition coefficient (Wildman–Crippen LogP) is 2.15. The molecule has 4 heteroatoms. The Morgan fingerprint density at radius 2 is 2.33 bits per heavy atom. The van der Waals surface area contributed by atoms with Crippen LogP contribution in [0.4, 0.5) is 11.4 Å². The van der Waals surface area contributed by atoms with E-state index in [4.69, 9.17) is 22.1 Å². The van der Waals surface area contributed by atoms with Gasteiger partial charge in [-0.05, 0) is 24.6 Å². The number of benzene rings is 1. The van der Waals surface area contributed by atoms with Crippen molar-refractivity contribution in [1.82, 2.24) is 0 Å². The van der Waals surface area contributed by atoms with E-state index in [9.17, 15) is 0 Å². The summed E-state index contributed by atoms with van der Waals surface area (Å²) < 4.78 is 5.32. The molecule has 1 aliphatic rings. The van der Waals surface area contributed by atoms with E-state index in [1.54, 1.807) is 13.2 Å². The molecule has 0 aliphatic carbocycles. The fraction of sp³-hybridized carbons (Fsp3) is 0.455. The number of rotatable bonds is 2. The average Bonchev–Trinajstić information content (AvgIpc) is 2.66. The van der Waals surface area contributed by atoms with Crippen molar-refractivity contribution in [2.24, 2.45) is 0 Å². The molecule has 1 aliphatic heterocycles. The lowest BCUT2D eigenvalue weighted by Crippen LogP contribution is -2.22. The van der Waals surface area contributed by atoms with E-state index in [-0.39, 0.29) is 0 Å². The van der Waals surface area contributed by atoms with Crippen molar-refractivity contribution in [1.29, 1.82) is 0 Å². The molecule has 2 N–H and O–H groups in total. The van der Waals surface area contributed by atoms with E-state index in [2.05, 4.69) is 4.90 Å². The lowest BCUT2D eigenvalue weighted by Gasteiger charge is -2.19. The van der Waals surface area contributed by atoms with Gasteiger partial charge in [0.25, 0.3) is 0 Å². The van der Waals surface area contributed by atoms with E-state index < -0.39 is 0 Å². The standard InChI is InChI=1S/C11H15ClN2O/c1-15-9-4-5-14(7-9)11-3-2-8(13)6-10(11)12/h2-3,6,9H,4-5,7,13H2,1H3. The van der Waals surface area contributed by atoms with Crippen LogP contribution in [0.25, 0.3) is 0 Å². The number of hydrogen-bond donors (Lipinski definition) is 1.